The minimum atomic E-state index is -0.197. The highest BCUT2D eigenvalue weighted by Gasteiger charge is 2.34. The average Bonchev–Trinajstić information content (AvgIpc) is 3.25. The Morgan fingerprint density at radius 1 is 1.06 bits per heavy atom. The summed E-state index contributed by atoms with van der Waals surface area (Å²) >= 11 is 0. The summed E-state index contributed by atoms with van der Waals surface area (Å²) in [6.07, 6.45) is 5.82. The van der Waals surface area contributed by atoms with Crippen LogP contribution >= 0.6 is 0 Å². The molecule has 1 aromatic rings. The van der Waals surface area contributed by atoms with Crippen molar-refractivity contribution in [3.8, 4) is 0 Å². The highest BCUT2D eigenvalue weighted by Crippen LogP contribution is 2.35. The average molecular weight is 479 g/mol. The van der Waals surface area contributed by atoms with Crippen LogP contribution in [0.5, 0.6) is 0 Å². The molecule has 2 heterocycles. The molecule has 34 heavy (non-hydrogen) atoms. The number of carbonyl (C=O) groups is 1. The van der Waals surface area contributed by atoms with Crippen LogP contribution in [0.3, 0.4) is 0 Å². The van der Waals surface area contributed by atoms with Gasteiger partial charge in [-0.05, 0) is 62.7 Å². The van der Waals surface area contributed by atoms with Crippen molar-refractivity contribution in [3.63, 3.8) is 0 Å². The first kappa shape index (κ1) is 30.6. The fourth-order valence-electron chi connectivity index (χ4n) is 4.60. The van der Waals surface area contributed by atoms with Crippen molar-refractivity contribution in [3.05, 3.63) is 11.9 Å². The number of nitrogens with zero attached hydrogens (tertiary/aromatic N) is 4. The Labute approximate surface area is 209 Å². The van der Waals surface area contributed by atoms with E-state index in [0.29, 0.717) is 36.5 Å². The van der Waals surface area contributed by atoms with Gasteiger partial charge in [-0.15, -0.1) is 5.10 Å². The van der Waals surface area contributed by atoms with Gasteiger partial charge in [-0.25, -0.2) is 4.68 Å². The van der Waals surface area contributed by atoms with Crippen molar-refractivity contribution in [2.75, 3.05) is 19.7 Å². The number of aliphatic hydroxyl groups is 1. The standard InChI is InChI=1S/C15H29N3O.C13H25NO/c1-11(2)12(3)15(6,7)13-10-18(17-16-13)14(4,5)8-9-19;1-10(2)9-13(15)14-7-5-12(6-8-14)11(3)4/h10-12,19H,8-9H2,1-7H3;10-12H,5-9H2,1-4H3. The lowest BCUT2D eigenvalue weighted by molar-refractivity contribution is -0.133. The highest BCUT2D eigenvalue weighted by atomic mass is 16.3. The molecule has 1 aliphatic heterocycles. The topological polar surface area (TPSA) is 71.2 Å². The lowest BCUT2D eigenvalue weighted by Crippen LogP contribution is -2.39. The van der Waals surface area contributed by atoms with Crippen molar-refractivity contribution in [2.24, 2.45) is 29.6 Å². The Kier molecular flexibility index (Phi) is 11.7. The number of hydrogen-bond donors (Lipinski definition) is 1. The van der Waals surface area contributed by atoms with Gasteiger partial charge >= 0.3 is 0 Å². The van der Waals surface area contributed by atoms with Gasteiger partial charge in [0.25, 0.3) is 0 Å². The van der Waals surface area contributed by atoms with Crippen molar-refractivity contribution in [2.45, 2.75) is 113 Å². The lowest BCUT2D eigenvalue weighted by Gasteiger charge is -2.34. The third-order valence-corrected chi connectivity index (χ3v) is 8.05. The molecule has 1 aliphatic rings. The summed E-state index contributed by atoms with van der Waals surface area (Å²) in [5, 5.41) is 17.8. The minimum Gasteiger partial charge on any atom is -0.396 e. The Morgan fingerprint density at radius 2 is 1.62 bits per heavy atom. The van der Waals surface area contributed by atoms with E-state index < -0.39 is 0 Å². The summed E-state index contributed by atoms with van der Waals surface area (Å²) in [6.45, 7) is 26.3. The van der Waals surface area contributed by atoms with E-state index in [0.717, 1.165) is 30.6 Å². The van der Waals surface area contributed by atoms with E-state index in [4.69, 9.17) is 5.11 Å². The zero-order valence-electron chi connectivity index (χ0n) is 24.1. The van der Waals surface area contributed by atoms with Crippen molar-refractivity contribution in [1.82, 2.24) is 19.9 Å². The van der Waals surface area contributed by atoms with E-state index in [2.05, 4.69) is 91.4 Å². The van der Waals surface area contributed by atoms with Crippen molar-refractivity contribution < 1.29 is 9.90 Å². The maximum Gasteiger partial charge on any atom is 0.222 e. The molecule has 0 aliphatic carbocycles. The molecule has 0 radical (unpaired) electrons. The fraction of sp³-hybridized carbons (Fsp3) is 0.893. The summed E-state index contributed by atoms with van der Waals surface area (Å²) in [7, 11) is 0. The van der Waals surface area contributed by atoms with Gasteiger partial charge in [0.2, 0.25) is 5.91 Å². The molecule has 1 saturated heterocycles. The summed E-state index contributed by atoms with van der Waals surface area (Å²) in [6, 6.07) is 0. The first-order valence-corrected chi connectivity index (χ1v) is 13.4. The quantitative estimate of drug-likeness (QED) is 0.480. The van der Waals surface area contributed by atoms with Gasteiger partial charge in [0.05, 0.1) is 11.2 Å². The molecule has 6 heteroatoms. The van der Waals surface area contributed by atoms with Gasteiger partial charge in [0.1, 0.15) is 0 Å². The Morgan fingerprint density at radius 3 is 2.06 bits per heavy atom. The Bertz CT molecular complexity index is 729. The van der Waals surface area contributed by atoms with Crippen LogP contribution in [0.4, 0.5) is 0 Å². The molecule has 0 spiro atoms. The van der Waals surface area contributed by atoms with E-state index in [1.54, 1.807) is 0 Å². The molecule has 2 rings (SSSR count). The normalized spacial score (nSPS) is 16.7. The first-order chi connectivity index (χ1) is 15.6. The number of carbonyl (C=O) groups excluding carboxylic acids is 1. The second-order valence-electron chi connectivity index (χ2n) is 12.6. The summed E-state index contributed by atoms with van der Waals surface area (Å²) < 4.78 is 1.88. The number of amides is 1. The third-order valence-electron chi connectivity index (χ3n) is 8.05. The predicted octanol–water partition coefficient (Wildman–Crippen LogP) is 5.89. The number of aliphatic hydroxyl groups excluding tert-OH is 1. The van der Waals surface area contributed by atoms with Crippen LogP contribution in [0.2, 0.25) is 0 Å². The maximum absolute atomic E-state index is 11.8. The SMILES string of the molecule is CC(C)C(C)C(C)(C)c1cn(C(C)(C)CCO)nn1.CC(C)CC(=O)N1CCC(C(C)C)CC1. The van der Waals surface area contributed by atoms with Crippen molar-refractivity contribution >= 4 is 5.91 Å². The molecule has 6 nitrogen and oxygen atoms in total. The summed E-state index contributed by atoms with van der Waals surface area (Å²) in [5.74, 6) is 3.57. The second kappa shape index (κ2) is 13.0. The van der Waals surface area contributed by atoms with Crippen LogP contribution in [0.1, 0.15) is 108 Å². The van der Waals surface area contributed by atoms with E-state index in [9.17, 15) is 4.79 Å². The summed E-state index contributed by atoms with van der Waals surface area (Å²) in [4.78, 5) is 13.9. The molecule has 1 atom stereocenters. The highest BCUT2D eigenvalue weighted by molar-refractivity contribution is 5.76. The monoisotopic (exact) mass is 478 g/mol. The lowest BCUT2D eigenvalue weighted by atomic mass is 9.72. The number of rotatable bonds is 9. The second-order valence-corrected chi connectivity index (χ2v) is 12.6. The van der Waals surface area contributed by atoms with Gasteiger partial charge in [0, 0.05) is 37.7 Å². The van der Waals surface area contributed by atoms with Crippen LogP contribution in [-0.2, 0) is 15.7 Å². The van der Waals surface area contributed by atoms with Crippen LogP contribution in [-0.4, -0.2) is 50.6 Å². The van der Waals surface area contributed by atoms with E-state index in [-0.39, 0.29) is 17.6 Å². The number of likely N-dealkylation sites (tertiary alicyclic amines) is 1. The number of piperidine rings is 1. The van der Waals surface area contributed by atoms with E-state index in [1.807, 2.05) is 10.9 Å². The van der Waals surface area contributed by atoms with E-state index >= 15 is 0 Å². The predicted molar refractivity (Wildman–Crippen MR) is 142 cm³/mol. The largest absolute Gasteiger partial charge is 0.396 e. The molecule has 1 N–H and O–H groups in total. The zero-order chi connectivity index (χ0) is 26.3. The van der Waals surface area contributed by atoms with Crippen LogP contribution < -0.4 is 0 Å². The third kappa shape index (κ3) is 8.66. The van der Waals surface area contributed by atoms with Gasteiger partial charge in [-0.3, -0.25) is 4.79 Å². The van der Waals surface area contributed by atoms with E-state index in [1.165, 1.54) is 12.8 Å². The van der Waals surface area contributed by atoms with Crippen LogP contribution in [0.25, 0.3) is 0 Å². The van der Waals surface area contributed by atoms with Crippen molar-refractivity contribution in [1.29, 1.82) is 0 Å². The molecule has 1 fully saturated rings. The van der Waals surface area contributed by atoms with Crippen LogP contribution in [0, 0.1) is 29.6 Å². The van der Waals surface area contributed by atoms with Gasteiger partial charge in [0.15, 0.2) is 0 Å². The van der Waals surface area contributed by atoms with Gasteiger partial charge < -0.3 is 10.0 Å². The molecule has 1 unspecified atom stereocenters. The number of hydrogen-bond acceptors (Lipinski definition) is 4. The smallest absolute Gasteiger partial charge is 0.222 e. The summed E-state index contributed by atoms with van der Waals surface area (Å²) in [5.41, 5.74) is 0.832. The molecule has 1 aromatic heterocycles. The minimum absolute atomic E-state index is 0.00170. The first-order valence-electron chi connectivity index (χ1n) is 13.4. The maximum atomic E-state index is 11.8. The molecular formula is C28H54N4O2. The molecule has 198 valence electrons. The van der Waals surface area contributed by atoms with Gasteiger partial charge in [-0.1, -0.05) is 67.5 Å². The van der Waals surface area contributed by atoms with Crippen LogP contribution in [0.15, 0.2) is 6.20 Å². The molecule has 0 saturated carbocycles. The number of aromatic nitrogens is 3. The fourth-order valence-corrected chi connectivity index (χ4v) is 4.60. The Hall–Kier alpha value is -1.43. The molecular weight excluding hydrogens is 424 g/mol. The molecule has 0 aromatic carbocycles. The Balaban J connectivity index is 0.000000350. The molecule has 0 bridgehead atoms. The molecule has 1 amide bonds. The van der Waals surface area contributed by atoms with Gasteiger partial charge in [-0.2, -0.15) is 0 Å². The zero-order valence-corrected chi connectivity index (χ0v) is 24.1.